The minimum Gasteiger partial charge on any atom is -0.399 e. The smallest absolute Gasteiger partial charge is 0.183 e. The van der Waals surface area contributed by atoms with Gasteiger partial charge in [0, 0.05) is 15.7 Å². The van der Waals surface area contributed by atoms with E-state index in [4.69, 9.17) is 17.3 Å². The molecule has 2 aromatic rings. The first-order chi connectivity index (χ1) is 9.31. The maximum atomic E-state index is 13.8. The summed E-state index contributed by atoms with van der Waals surface area (Å²) in [6.45, 7) is 0. The molecule has 0 fully saturated rings. The first-order valence-electron chi connectivity index (χ1n) is 5.52. The van der Waals surface area contributed by atoms with E-state index in [1.807, 2.05) is 0 Å². The second kappa shape index (κ2) is 5.71. The Kier molecular flexibility index (Phi) is 4.36. The third-order valence-electron chi connectivity index (χ3n) is 2.67. The Morgan fingerprint density at radius 2 is 1.95 bits per heavy atom. The first-order valence-corrected chi connectivity index (χ1v) is 8.34. The predicted molar refractivity (Wildman–Crippen MR) is 80.9 cm³/mol. The van der Waals surface area contributed by atoms with Crippen LogP contribution in [0.15, 0.2) is 45.8 Å². The van der Waals surface area contributed by atoms with Crippen LogP contribution in [-0.4, -0.2) is 8.42 Å². The molecule has 20 heavy (non-hydrogen) atoms. The van der Waals surface area contributed by atoms with Crippen molar-refractivity contribution in [1.82, 2.24) is 0 Å². The fraction of sp³-hybridized carbons (Fsp3) is 0.0769. The molecular formula is C13H10BrClFNO2S. The number of sulfone groups is 1. The summed E-state index contributed by atoms with van der Waals surface area (Å²) in [4.78, 5) is 0.0612. The molecule has 0 bridgehead atoms. The summed E-state index contributed by atoms with van der Waals surface area (Å²) in [5.41, 5.74) is 6.03. The Balaban J connectivity index is 2.44. The van der Waals surface area contributed by atoms with Gasteiger partial charge >= 0.3 is 0 Å². The summed E-state index contributed by atoms with van der Waals surface area (Å²) in [6, 6.07) is 8.62. The molecule has 0 unspecified atom stereocenters. The number of nitrogens with two attached hydrogens (primary N) is 1. The minimum absolute atomic E-state index is 0.0289. The van der Waals surface area contributed by atoms with Gasteiger partial charge in [-0.3, -0.25) is 0 Å². The Morgan fingerprint density at radius 1 is 1.25 bits per heavy atom. The average molecular weight is 379 g/mol. The number of nitrogen functional groups attached to an aromatic ring is 1. The van der Waals surface area contributed by atoms with E-state index in [-0.39, 0.29) is 15.5 Å². The molecule has 0 atom stereocenters. The average Bonchev–Trinajstić information content (AvgIpc) is 2.34. The zero-order valence-electron chi connectivity index (χ0n) is 10.1. The fourth-order valence-corrected chi connectivity index (χ4v) is 4.46. The van der Waals surface area contributed by atoms with Crippen molar-refractivity contribution in [2.45, 2.75) is 10.6 Å². The second-order valence-electron chi connectivity index (χ2n) is 4.16. The molecule has 106 valence electrons. The number of rotatable bonds is 3. The van der Waals surface area contributed by atoms with Gasteiger partial charge in [0.1, 0.15) is 5.82 Å². The van der Waals surface area contributed by atoms with Crippen LogP contribution < -0.4 is 5.73 Å². The van der Waals surface area contributed by atoms with E-state index in [0.717, 1.165) is 0 Å². The number of hydrogen-bond acceptors (Lipinski definition) is 3. The lowest BCUT2D eigenvalue weighted by Gasteiger charge is -2.09. The van der Waals surface area contributed by atoms with Gasteiger partial charge < -0.3 is 5.73 Å². The summed E-state index contributed by atoms with van der Waals surface area (Å²) in [5.74, 6) is -1.19. The van der Waals surface area contributed by atoms with Crippen molar-refractivity contribution < 1.29 is 12.8 Å². The zero-order valence-corrected chi connectivity index (χ0v) is 13.3. The topological polar surface area (TPSA) is 60.2 Å². The minimum atomic E-state index is -3.70. The van der Waals surface area contributed by atoms with Crippen molar-refractivity contribution in [1.29, 1.82) is 0 Å². The van der Waals surface area contributed by atoms with Crippen molar-refractivity contribution in [3.05, 3.63) is 57.3 Å². The van der Waals surface area contributed by atoms with Crippen molar-refractivity contribution in [3.63, 3.8) is 0 Å². The molecule has 0 heterocycles. The number of benzene rings is 2. The highest BCUT2D eigenvalue weighted by molar-refractivity contribution is 9.10. The molecule has 0 aliphatic carbocycles. The lowest BCUT2D eigenvalue weighted by Crippen LogP contribution is -2.07. The molecular weight excluding hydrogens is 369 g/mol. The summed E-state index contributed by atoms with van der Waals surface area (Å²) >= 11 is 8.80. The predicted octanol–water partition coefficient (Wildman–Crippen LogP) is 3.80. The van der Waals surface area contributed by atoms with Crippen LogP contribution >= 0.6 is 27.5 Å². The van der Waals surface area contributed by atoms with Crippen LogP contribution in [0.3, 0.4) is 0 Å². The molecule has 0 aliphatic heterocycles. The van der Waals surface area contributed by atoms with Gasteiger partial charge in [-0.15, -0.1) is 0 Å². The first kappa shape index (κ1) is 15.3. The monoisotopic (exact) mass is 377 g/mol. The van der Waals surface area contributed by atoms with Crippen molar-refractivity contribution in [2.24, 2.45) is 0 Å². The van der Waals surface area contributed by atoms with Crippen molar-refractivity contribution >= 4 is 43.1 Å². The van der Waals surface area contributed by atoms with E-state index in [1.165, 1.54) is 36.4 Å². The molecule has 2 aromatic carbocycles. The SMILES string of the molecule is Nc1ccc(S(=O)(=O)Cc2cccc(Cl)c2F)c(Br)c1. The zero-order chi connectivity index (χ0) is 14.9. The van der Waals surface area contributed by atoms with Crippen molar-refractivity contribution in [2.75, 3.05) is 5.73 Å². The van der Waals surface area contributed by atoms with Gasteiger partial charge in [0.05, 0.1) is 15.7 Å². The third kappa shape index (κ3) is 3.13. The Labute approximate surface area is 129 Å². The molecule has 0 radical (unpaired) electrons. The molecule has 2 N–H and O–H groups in total. The van der Waals surface area contributed by atoms with Gasteiger partial charge in [0.15, 0.2) is 9.84 Å². The van der Waals surface area contributed by atoms with E-state index < -0.39 is 21.4 Å². The molecule has 0 saturated carbocycles. The van der Waals surface area contributed by atoms with Crippen LogP contribution in [-0.2, 0) is 15.6 Å². The number of anilines is 1. The lowest BCUT2D eigenvalue weighted by molar-refractivity contribution is 0.587. The van der Waals surface area contributed by atoms with Gasteiger partial charge in [0.2, 0.25) is 0 Å². The summed E-state index contributed by atoms with van der Waals surface area (Å²) < 4.78 is 38.8. The maximum absolute atomic E-state index is 13.8. The van der Waals surface area contributed by atoms with E-state index in [2.05, 4.69) is 15.9 Å². The van der Waals surface area contributed by atoms with E-state index in [1.54, 1.807) is 0 Å². The summed E-state index contributed by atoms with van der Waals surface area (Å²) in [5, 5.41) is -0.103. The summed E-state index contributed by atoms with van der Waals surface area (Å²) in [7, 11) is -3.70. The Hall–Kier alpha value is -1.11. The Bertz CT molecular complexity index is 765. The quantitative estimate of drug-likeness (QED) is 0.827. The molecule has 3 nitrogen and oxygen atoms in total. The molecule has 2 rings (SSSR count). The lowest BCUT2D eigenvalue weighted by atomic mass is 10.2. The van der Waals surface area contributed by atoms with Crippen LogP contribution in [0.1, 0.15) is 5.56 Å². The summed E-state index contributed by atoms with van der Waals surface area (Å²) in [6.07, 6.45) is 0. The highest BCUT2D eigenvalue weighted by atomic mass is 79.9. The van der Waals surface area contributed by atoms with Gasteiger partial charge in [0.25, 0.3) is 0 Å². The highest BCUT2D eigenvalue weighted by Gasteiger charge is 2.21. The van der Waals surface area contributed by atoms with Crippen LogP contribution in [0.4, 0.5) is 10.1 Å². The van der Waals surface area contributed by atoms with E-state index >= 15 is 0 Å². The van der Waals surface area contributed by atoms with Crippen LogP contribution in [0.25, 0.3) is 0 Å². The largest absolute Gasteiger partial charge is 0.399 e. The second-order valence-corrected chi connectivity index (χ2v) is 7.38. The van der Waals surface area contributed by atoms with Gasteiger partial charge in [-0.2, -0.15) is 0 Å². The molecule has 0 saturated heterocycles. The third-order valence-corrected chi connectivity index (χ3v) is 5.60. The molecule has 0 amide bonds. The highest BCUT2D eigenvalue weighted by Crippen LogP contribution is 2.28. The number of halogens is 3. The Morgan fingerprint density at radius 3 is 2.60 bits per heavy atom. The van der Waals surface area contributed by atoms with Crippen molar-refractivity contribution in [3.8, 4) is 0 Å². The van der Waals surface area contributed by atoms with E-state index in [9.17, 15) is 12.8 Å². The van der Waals surface area contributed by atoms with Gasteiger partial charge in [-0.1, -0.05) is 23.7 Å². The number of hydrogen-bond donors (Lipinski definition) is 1. The van der Waals surface area contributed by atoms with Crippen LogP contribution in [0.2, 0.25) is 5.02 Å². The fourth-order valence-electron chi connectivity index (χ4n) is 1.71. The normalized spacial score (nSPS) is 11.6. The molecule has 7 heteroatoms. The van der Waals surface area contributed by atoms with Crippen LogP contribution in [0, 0.1) is 5.82 Å². The maximum Gasteiger partial charge on any atom is 0.183 e. The standard InChI is InChI=1S/C13H10BrClFNO2S/c14-10-6-9(17)4-5-12(10)20(18,19)7-8-2-1-3-11(15)13(8)16/h1-6H,7,17H2. The van der Waals surface area contributed by atoms with Gasteiger partial charge in [-0.25, -0.2) is 12.8 Å². The molecule has 0 aromatic heterocycles. The van der Waals surface area contributed by atoms with Crippen LogP contribution in [0.5, 0.6) is 0 Å². The molecule has 0 spiro atoms. The molecule has 0 aliphatic rings. The van der Waals surface area contributed by atoms with Gasteiger partial charge in [-0.05, 0) is 40.2 Å². The van der Waals surface area contributed by atoms with E-state index in [0.29, 0.717) is 10.2 Å².